The number of halogens is 2. The van der Waals surface area contributed by atoms with Gasteiger partial charge < -0.3 is 0 Å². The summed E-state index contributed by atoms with van der Waals surface area (Å²) in [6.45, 7) is 0. The third-order valence-electron chi connectivity index (χ3n) is 1.34. The van der Waals surface area contributed by atoms with Gasteiger partial charge in [-0.3, -0.25) is 4.40 Å². The van der Waals surface area contributed by atoms with Gasteiger partial charge in [0.05, 0.1) is 0 Å². The molecule has 0 saturated carbocycles. The average molecular weight is 232 g/mol. The fourth-order valence-corrected chi connectivity index (χ4v) is 1.66. The molecule has 0 bridgehead atoms. The second-order valence-electron chi connectivity index (χ2n) is 2.01. The number of pyridine rings is 1. The monoisotopic (exact) mass is 231 g/mol. The molecule has 0 aliphatic rings. The second-order valence-corrected chi connectivity index (χ2v) is 3.11. The molecule has 0 unspecified atom stereocenters. The molecular formula is C6H3BrClN3. The largest absolute Gasteiger partial charge is 0.259 e. The van der Waals surface area contributed by atoms with Gasteiger partial charge >= 0.3 is 0 Å². The molecule has 5 heteroatoms. The highest BCUT2D eigenvalue weighted by molar-refractivity contribution is 9.10. The molecule has 0 N–H and O–H groups in total. The van der Waals surface area contributed by atoms with Gasteiger partial charge in [-0.1, -0.05) is 17.7 Å². The van der Waals surface area contributed by atoms with Crippen LogP contribution in [0.15, 0.2) is 22.9 Å². The molecule has 56 valence electrons. The van der Waals surface area contributed by atoms with Crippen LogP contribution in [-0.2, 0) is 0 Å². The van der Waals surface area contributed by atoms with E-state index in [1.165, 1.54) is 0 Å². The maximum Gasteiger partial charge on any atom is 0.205 e. The summed E-state index contributed by atoms with van der Waals surface area (Å²) in [6.07, 6.45) is 0. The van der Waals surface area contributed by atoms with Crippen molar-refractivity contribution in [3.8, 4) is 0 Å². The summed E-state index contributed by atoms with van der Waals surface area (Å²) in [5.74, 6) is 0. The summed E-state index contributed by atoms with van der Waals surface area (Å²) in [4.78, 5) is 0. The smallest absolute Gasteiger partial charge is 0.205 e. The number of rotatable bonds is 0. The zero-order valence-electron chi connectivity index (χ0n) is 5.33. The lowest BCUT2D eigenvalue weighted by atomic mass is 10.5. The quantitative estimate of drug-likeness (QED) is 0.652. The topological polar surface area (TPSA) is 30.2 Å². The standard InChI is InChI=1S/C6H3BrClN3/c7-6-10-9-5-3-1-2-4(8)11(5)6/h1-3H. The summed E-state index contributed by atoms with van der Waals surface area (Å²) >= 11 is 9.08. The van der Waals surface area contributed by atoms with Crippen LogP contribution in [0.2, 0.25) is 5.15 Å². The van der Waals surface area contributed by atoms with Gasteiger partial charge in [0.15, 0.2) is 5.65 Å². The van der Waals surface area contributed by atoms with E-state index in [0.29, 0.717) is 9.89 Å². The Morgan fingerprint density at radius 3 is 2.91 bits per heavy atom. The molecular weight excluding hydrogens is 229 g/mol. The lowest BCUT2D eigenvalue weighted by molar-refractivity contribution is 1.05. The van der Waals surface area contributed by atoms with Crippen molar-refractivity contribution in [2.45, 2.75) is 0 Å². The molecule has 2 rings (SSSR count). The third-order valence-corrected chi connectivity index (χ3v) is 2.15. The molecule has 0 fully saturated rings. The van der Waals surface area contributed by atoms with Crippen LogP contribution in [0.5, 0.6) is 0 Å². The van der Waals surface area contributed by atoms with Gasteiger partial charge in [0, 0.05) is 0 Å². The van der Waals surface area contributed by atoms with E-state index in [-0.39, 0.29) is 0 Å². The molecule has 2 aromatic heterocycles. The summed E-state index contributed by atoms with van der Waals surface area (Å²) in [5, 5.41) is 8.26. The summed E-state index contributed by atoms with van der Waals surface area (Å²) in [5.41, 5.74) is 0.740. The van der Waals surface area contributed by atoms with Crippen molar-refractivity contribution in [1.82, 2.24) is 14.6 Å². The molecule has 0 amide bonds. The van der Waals surface area contributed by atoms with Crippen LogP contribution in [0, 0.1) is 0 Å². The van der Waals surface area contributed by atoms with E-state index < -0.39 is 0 Å². The minimum absolute atomic E-state index is 0.597. The molecule has 0 spiro atoms. The minimum atomic E-state index is 0.597. The van der Waals surface area contributed by atoms with Crippen molar-refractivity contribution in [3.63, 3.8) is 0 Å². The van der Waals surface area contributed by atoms with Crippen LogP contribution in [0.25, 0.3) is 5.65 Å². The minimum Gasteiger partial charge on any atom is -0.259 e. The molecule has 2 heterocycles. The number of nitrogens with zero attached hydrogens (tertiary/aromatic N) is 3. The fourth-order valence-electron chi connectivity index (χ4n) is 0.870. The Morgan fingerprint density at radius 1 is 1.36 bits per heavy atom. The number of hydrogen-bond donors (Lipinski definition) is 0. The molecule has 3 nitrogen and oxygen atoms in total. The van der Waals surface area contributed by atoms with Crippen LogP contribution in [0.4, 0.5) is 0 Å². The van der Waals surface area contributed by atoms with Crippen LogP contribution >= 0.6 is 27.5 Å². The van der Waals surface area contributed by atoms with E-state index in [1.807, 2.05) is 12.1 Å². The van der Waals surface area contributed by atoms with Gasteiger partial charge in [0.2, 0.25) is 4.73 Å². The Labute approximate surface area is 76.1 Å². The predicted octanol–water partition coefficient (Wildman–Crippen LogP) is 2.15. The van der Waals surface area contributed by atoms with Crippen molar-refractivity contribution in [1.29, 1.82) is 0 Å². The van der Waals surface area contributed by atoms with Crippen LogP contribution < -0.4 is 0 Å². The van der Waals surface area contributed by atoms with Crippen LogP contribution in [0.1, 0.15) is 0 Å². The Bertz CT molecular complexity index is 398. The summed E-state index contributed by atoms with van der Waals surface area (Å²) in [6, 6.07) is 5.45. The van der Waals surface area contributed by atoms with Gasteiger partial charge in [-0.15, -0.1) is 10.2 Å². The Morgan fingerprint density at radius 2 is 2.18 bits per heavy atom. The van der Waals surface area contributed by atoms with Gasteiger partial charge in [-0.2, -0.15) is 0 Å². The van der Waals surface area contributed by atoms with E-state index >= 15 is 0 Å². The Kier molecular flexibility index (Phi) is 1.58. The zero-order valence-corrected chi connectivity index (χ0v) is 7.67. The lowest BCUT2D eigenvalue weighted by Gasteiger charge is -1.94. The normalized spacial score (nSPS) is 10.7. The number of hydrogen-bond acceptors (Lipinski definition) is 2. The SMILES string of the molecule is Clc1cccc2nnc(Br)n12. The van der Waals surface area contributed by atoms with Crippen molar-refractivity contribution in [2.75, 3.05) is 0 Å². The highest BCUT2D eigenvalue weighted by atomic mass is 79.9. The van der Waals surface area contributed by atoms with E-state index in [0.717, 1.165) is 5.65 Å². The molecule has 0 aliphatic carbocycles. The average Bonchev–Trinajstić information content (AvgIpc) is 2.34. The van der Waals surface area contributed by atoms with Gasteiger partial charge in [-0.05, 0) is 28.1 Å². The first kappa shape index (κ1) is 7.06. The first-order chi connectivity index (χ1) is 5.29. The maximum atomic E-state index is 5.86. The van der Waals surface area contributed by atoms with Crippen molar-refractivity contribution in [3.05, 3.63) is 28.1 Å². The highest BCUT2D eigenvalue weighted by Gasteiger charge is 2.03. The molecule has 2 aromatic rings. The van der Waals surface area contributed by atoms with Gasteiger partial charge in [-0.25, -0.2) is 0 Å². The van der Waals surface area contributed by atoms with Crippen molar-refractivity contribution in [2.24, 2.45) is 0 Å². The molecule has 0 aromatic carbocycles. The number of fused-ring (bicyclic) bond motifs is 1. The Balaban J connectivity index is 2.96. The third kappa shape index (κ3) is 1.02. The maximum absolute atomic E-state index is 5.86. The zero-order chi connectivity index (χ0) is 7.84. The highest BCUT2D eigenvalue weighted by Crippen LogP contribution is 2.16. The van der Waals surface area contributed by atoms with Crippen LogP contribution in [0.3, 0.4) is 0 Å². The van der Waals surface area contributed by atoms with Gasteiger partial charge in [0.25, 0.3) is 0 Å². The molecule has 11 heavy (non-hydrogen) atoms. The van der Waals surface area contributed by atoms with Crippen molar-refractivity contribution >= 4 is 33.2 Å². The molecule has 0 atom stereocenters. The first-order valence-corrected chi connectivity index (χ1v) is 4.11. The van der Waals surface area contributed by atoms with E-state index in [1.54, 1.807) is 10.5 Å². The Hall–Kier alpha value is -0.610. The number of aromatic nitrogens is 3. The van der Waals surface area contributed by atoms with Crippen LogP contribution in [-0.4, -0.2) is 14.6 Å². The fraction of sp³-hybridized carbons (Fsp3) is 0. The lowest BCUT2D eigenvalue weighted by Crippen LogP contribution is -1.85. The predicted molar refractivity (Wildman–Crippen MR) is 45.7 cm³/mol. The second kappa shape index (κ2) is 2.46. The summed E-state index contributed by atoms with van der Waals surface area (Å²) < 4.78 is 2.33. The summed E-state index contributed by atoms with van der Waals surface area (Å²) in [7, 11) is 0. The first-order valence-electron chi connectivity index (χ1n) is 2.94. The molecule has 0 radical (unpaired) electrons. The molecule has 0 saturated heterocycles. The van der Waals surface area contributed by atoms with E-state index in [4.69, 9.17) is 11.6 Å². The van der Waals surface area contributed by atoms with E-state index in [2.05, 4.69) is 26.1 Å². The van der Waals surface area contributed by atoms with E-state index in [9.17, 15) is 0 Å². The van der Waals surface area contributed by atoms with Crippen molar-refractivity contribution < 1.29 is 0 Å². The van der Waals surface area contributed by atoms with Gasteiger partial charge in [0.1, 0.15) is 5.15 Å². The molecule has 0 aliphatic heterocycles.